The predicted octanol–water partition coefficient (Wildman–Crippen LogP) is 2.76. The first-order chi connectivity index (χ1) is 9.84. The number of aromatic nitrogens is 1. The van der Waals surface area contributed by atoms with Crippen LogP contribution in [0.2, 0.25) is 0 Å². The SMILES string of the molecule is Cc1c(F)c(F)c2c(=O)c(C(=O)O)cn(C3CC3)c2c1F. The van der Waals surface area contributed by atoms with Gasteiger partial charge in [-0.25, -0.2) is 18.0 Å². The molecule has 1 saturated carbocycles. The Hall–Kier alpha value is -2.31. The number of hydrogen-bond donors (Lipinski definition) is 1. The fraction of sp³-hybridized carbons (Fsp3) is 0.286. The Labute approximate surface area is 116 Å². The van der Waals surface area contributed by atoms with Crippen molar-refractivity contribution in [1.82, 2.24) is 4.57 Å². The average Bonchev–Trinajstić information content (AvgIpc) is 3.26. The Balaban J connectivity index is 2.59. The summed E-state index contributed by atoms with van der Waals surface area (Å²) in [4.78, 5) is 23.1. The largest absolute Gasteiger partial charge is 0.477 e. The van der Waals surface area contributed by atoms with Crippen molar-refractivity contribution in [3.8, 4) is 0 Å². The van der Waals surface area contributed by atoms with Crippen LogP contribution < -0.4 is 5.43 Å². The second-order valence-electron chi connectivity index (χ2n) is 5.11. The van der Waals surface area contributed by atoms with Crippen LogP contribution in [0.15, 0.2) is 11.0 Å². The van der Waals surface area contributed by atoms with E-state index < -0.39 is 45.4 Å². The zero-order chi connectivity index (χ0) is 15.5. The lowest BCUT2D eigenvalue weighted by Crippen LogP contribution is -2.21. The summed E-state index contributed by atoms with van der Waals surface area (Å²) in [5.41, 5.74) is -2.82. The van der Waals surface area contributed by atoms with E-state index in [2.05, 4.69) is 0 Å². The first-order valence-corrected chi connectivity index (χ1v) is 6.29. The third kappa shape index (κ3) is 1.84. The maximum absolute atomic E-state index is 14.3. The van der Waals surface area contributed by atoms with Crippen molar-refractivity contribution >= 4 is 16.9 Å². The van der Waals surface area contributed by atoms with E-state index in [0.29, 0.717) is 12.8 Å². The molecule has 0 radical (unpaired) electrons. The van der Waals surface area contributed by atoms with E-state index in [0.717, 1.165) is 13.1 Å². The molecule has 3 rings (SSSR count). The Morgan fingerprint density at radius 2 is 1.86 bits per heavy atom. The number of aromatic carboxylic acids is 1. The Morgan fingerprint density at radius 1 is 1.24 bits per heavy atom. The van der Waals surface area contributed by atoms with Crippen LogP contribution in [0.4, 0.5) is 13.2 Å². The minimum absolute atomic E-state index is 0.204. The number of nitrogens with zero attached hydrogens (tertiary/aromatic N) is 1. The third-order valence-corrected chi connectivity index (χ3v) is 3.68. The van der Waals surface area contributed by atoms with E-state index in [1.807, 2.05) is 0 Å². The summed E-state index contributed by atoms with van der Waals surface area (Å²) in [6, 6.07) is -0.204. The van der Waals surface area contributed by atoms with E-state index >= 15 is 0 Å². The van der Waals surface area contributed by atoms with E-state index in [1.165, 1.54) is 4.57 Å². The highest BCUT2D eigenvalue weighted by molar-refractivity contribution is 5.93. The van der Waals surface area contributed by atoms with Gasteiger partial charge in [-0.1, -0.05) is 0 Å². The van der Waals surface area contributed by atoms with Crippen LogP contribution in [0, 0.1) is 24.4 Å². The molecule has 1 N–H and O–H groups in total. The molecule has 1 aliphatic rings. The molecule has 0 unspecified atom stereocenters. The number of halogens is 3. The van der Waals surface area contributed by atoms with Crippen LogP contribution in [-0.4, -0.2) is 15.6 Å². The quantitative estimate of drug-likeness (QED) is 0.867. The van der Waals surface area contributed by atoms with Gasteiger partial charge in [-0.15, -0.1) is 0 Å². The highest BCUT2D eigenvalue weighted by Crippen LogP contribution is 2.38. The van der Waals surface area contributed by atoms with Gasteiger partial charge in [0.25, 0.3) is 0 Å². The maximum Gasteiger partial charge on any atom is 0.341 e. The summed E-state index contributed by atoms with van der Waals surface area (Å²) in [6.07, 6.45) is 2.33. The van der Waals surface area contributed by atoms with Crippen molar-refractivity contribution in [2.24, 2.45) is 0 Å². The number of fused-ring (bicyclic) bond motifs is 1. The molecule has 0 saturated heterocycles. The molecule has 110 valence electrons. The van der Waals surface area contributed by atoms with E-state index in [-0.39, 0.29) is 11.6 Å². The highest BCUT2D eigenvalue weighted by atomic mass is 19.2. The van der Waals surface area contributed by atoms with Crippen LogP contribution in [0.1, 0.15) is 34.8 Å². The van der Waals surface area contributed by atoms with Crippen LogP contribution in [0.25, 0.3) is 10.9 Å². The minimum Gasteiger partial charge on any atom is -0.477 e. The van der Waals surface area contributed by atoms with Crippen molar-refractivity contribution in [2.75, 3.05) is 0 Å². The molecule has 0 atom stereocenters. The van der Waals surface area contributed by atoms with Crippen molar-refractivity contribution in [2.45, 2.75) is 25.8 Å². The monoisotopic (exact) mass is 297 g/mol. The standard InChI is InChI=1S/C14H10F3NO3/c1-5-9(15)11(17)8-12(10(5)16)18(6-2-3-6)4-7(13(8)19)14(20)21/h4,6H,2-3H2,1H3,(H,20,21). The second kappa shape index (κ2) is 4.34. The highest BCUT2D eigenvalue weighted by Gasteiger charge is 2.31. The molecule has 21 heavy (non-hydrogen) atoms. The van der Waals surface area contributed by atoms with Crippen LogP contribution >= 0.6 is 0 Å². The average molecular weight is 297 g/mol. The number of carboxylic acid groups (broad SMARTS) is 1. The molecule has 0 bridgehead atoms. The first-order valence-electron chi connectivity index (χ1n) is 6.29. The molecule has 1 aromatic heterocycles. The second-order valence-corrected chi connectivity index (χ2v) is 5.11. The molecule has 0 spiro atoms. The van der Waals surface area contributed by atoms with Crippen molar-refractivity contribution in [3.63, 3.8) is 0 Å². The van der Waals surface area contributed by atoms with E-state index in [9.17, 15) is 22.8 Å². The minimum atomic E-state index is -1.56. The van der Waals surface area contributed by atoms with Crippen LogP contribution in [0.5, 0.6) is 0 Å². The summed E-state index contributed by atoms with van der Waals surface area (Å²) in [5, 5.41) is 8.17. The maximum atomic E-state index is 14.3. The summed E-state index contributed by atoms with van der Waals surface area (Å²) in [7, 11) is 0. The van der Waals surface area contributed by atoms with Crippen LogP contribution in [0.3, 0.4) is 0 Å². The third-order valence-electron chi connectivity index (χ3n) is 3.68. The summed E-state index contributed by atoms with van der Waals surface area (Å²) >= 11 is 0. The summed E-state index contributed by atoms with van der Waals surface area (Å²) in [5.74, 6) is -5.57. The molecule has 0 aliphatic heterocycles. The smallest absolute Gasteiger partial charge is 0.341 e. The lowest BCUT2D eigenvalue weighted by Gasteiger charge is -2.14. The molecule has 1 aliphatic carbocycles. The molecule has 7 heteroatoms. The van der Waals surface area contributed by atoms with Crippen LogP contribution in [-0.2, 0) is 0 Å². The topological polar surface area (TPSA) is 59.3 Å². The number of hydrogen-bond acceptors (Lipinski definition) is 2. The molecular formula is C14H10F3NO3. The van der Waals surface area contributed by atoms with Gasteiger partial charge in [0.1, 0.15) is 5.56 Å². The van der Waals surface area contributed by atoms with Gasteiger partial charge in [0, 0.05) is 17.8 Å². The van der Waals surface area contributed by atoms with Gasteiger partial charge in [-0.05, 0) is 19.8 Å². The number of rotatable bonds is 2. The summed E-state index contributed by atoms with van der Waals surface area (Å²) in [6.45, 7) is 1.07. The number of benzene rings is 1. The van der Waals surface area contributed by atoms with Gasteiger partial charge in [0.15, 0.2) is 17.5 Å². The Bertz CT molecular complexity index is 853. The molecule has 1 heterocycles. The molecule has 1 fully saturated rings. The van der Waals surface area contributed by atoms with Gasteiger partial charge in [-0.2, -0.15) is 0 Å². The lowest BCUT2D eigenvalue weighted by molar-refractivity contribution is 0.0695. The van der Waals surface area contributed by atoms with Crippen molar-refractivity contribution in [1.29, 1.82) is 0 Å². The Kier molecular flexibility index (Phi) is 2.82. The first kappa shape index (κ1) is 13.7. The molecule has 4 nitrogen and oxygen atoms in total. The molecule has 2 aromatic rings. The molecule has 0 amide bonds. The zero-order valence-electron chi connectivity index (χ0n) is 10.9. The normalized spacial score (nSPS) is 14.7. The van der Waals surface area contributed by atoms with Gasteiger partial charge >= 0.3 is 5.97 Å². The van der Waals surface area contributed by atoms with Gasteiger partial charge in [0.05, 0.1) is 10.9 Å². The van der Waals surface area contributed by atoms with Gasteiger partial charge < -0.3 is 9.67 Å². The summed E-state index contributed by atoms with van der Waals surface area (Å²) < 4.78 is 43.2. The zero-order valence-corrected chi connectivity index (χ0v) is 10.9. The van der Waals surface area contributed by atoms with E-state index in [4.69, 9.17) is 5.11 Å². The number of carboxylic acids is 1. The number of carbonyl (C=O) groups is 1. The van der Waals surface area contributed by atoms with E-state index in [1.54, 1.807) is 0 Å². The van der Waals surface area contributed by atoms with Crippen molar-refractivity contribution < 1.29 is 23.1 Å². The lowest BCUT2D eigenvalue weighted by atomic mass is 10.1. The fourth-order valence-electron chi connectivity index (χ4n) is 2.40. The van der Waals surface area contributed by atoms with Gasteiger partial charge in [-0.3, -0.25) is 4.79 Å². The Morgan fingerprint density at radius 3 is 2.38 bits per heavy atom. The van der Waals surface area contributed by atoms with Crippen molar-refractivity contribution in [3.05, 3.63) is 45.0 Å². The molecular weight excluding hydrogens is 287 g/mol. The fourth-order valence-corrected chi connectivity index (χ4v) is 2.40. The molecule has 1 aromatic carbocycles. The predicted molar refractivity (Wildman–Crippen MR) is 68.0 cm³/mol. The number of pyridine rings is 1. The van der Waals surface area contributed by atoms with Gasteiger partial charge in [0.2, 0.25) is 5.43 Å².